The van der Waals surface area contributed by atoms with Crippen LogP contribution in [-0.2, 0) is 4.79 Å². The minimum Gasteiger partial charge on any atom is -0.351 e. The minimum absolute atomic E-state index is 0.0206. The van der Waals surface area contributed by atoms with Gasteiger partial charge in [0, 0.05) is 12.6 Å². The minimum atomic E-state index is -0.431. The summed E-state index contributed by atoms with van der Waals surface area (Å²) in [6.45, 7) is 8.03. The molecule has 0 saturated carbocycles. The number of amides is 1. The van der Waals surface area contributed by atoms with Gasteiger partial charge in [0.25, 0.3) is 0 Å². The van der Waals surface area contributed by atoms with Gasteiger partial charge in [-0.25, -0.2) is 0 Å². The van der Waals surface area contributed by atoms with Crippen molar-refractivity contribution < 1.29 is 4.79 Å². The number of nitrogens with one attached hydrogen (secondary N) is 1. The largest absolute Gasteiger partial charge is 0.351 e. The van der Waals surface area contributed by atoms with E-state index < -0.39 is 6.04 Å². The maximum atomic E-state index is 11.9. The SMILES string of the molecule is CN1CCCC(NC(=O)[C@H](N)C(C)(C)C)C1. The van der Waals surface area contributed by atoms with Gasteiger partial charge in [-0.3, -0.25) is 4.79 Å². The highest BCUT2D eigenvalue weighted by atomic mass is 16.2. The second-order valence-electron chi connectivity index (χ2n) is 5.95. The molecule has 1 rings (SSSR count). The van der Waals surface area contributed by atoms with E-state index in [0.717, 1.165) is 25.9 Å². The molecule has 0 aromatic rings. The van der Waals surface area contributed by atoms with Crippen LogP contribution in [0.5, 0.6) is 0 Å². The highest BCUT2D eigenvalue weighted by Gasteiger charge is 2.29. The first kappa shape index (κ1) is 13.5. The van der Waals surface area contributed by atoms with Crippen LogP contribution < -0.4 is 11.1 Å². The highest BCUT2D eigenvalue weighted by molar-refractivity contribution is 5.82. The Balaban J connectivity index is 2.45. The third-order valence-corrected chi connectivity index (χ3v) is 3.19. The molecule has 4 nitrogen and oxygen atoms in total. The summed E-state index contributed by atoms with van der Waals surface area (Å²) in [5.74, 6) is -0.0206. The lowest BCUT2D eigenvalue weighted by atomic mass is 9.86. The number of hydrogen-bond acceptors (Lipinski definition) is 3. The van der Waals surface area contributed by atoms with E-state index in [2.05, 4.69) is 17.3 Å². The molecular weight excluding hydrogens is 202 g/mol. The van der Waals surface area contributed by atoms with E-state index in [1.165, 1.54) is 0 Å². The van der Waals surface area contributed by atoms with Crippen molar-refractivity contribution in [2.45, 2.75) is 45.7 Å². The predicted molar refractivity (Wildman–Crippen MR) is 66.1 cm³/mol. The first-order valence-electron chi connectivity index (χ1n) is 6.05. The molecule has 4 heteroatoms. The zero-order chi connectivity index (χ0) is 12.3. The Morgan fingerprint density at radius 2 is 2.12 bits per heavy atom. The van der Waals surface area contributed by atoms with Crippen molar-refractivity contribution in [2.24, 2.45) is 11.1 Å². The molecule has 1 saturated heterocycles. The number of nitrogens with two attached hydrogens (primary N) is 1. The Labute approximate surface area is 98.6 Å². The van der Waals surface area contributed by atoms with Gasteiger partial charge in [-0.05, 0) is 31.8 Å². The Morgan fingerprint density at radius 1 is 1.50 bits per heavy atom. The number of piperidine rings is 1. The summed E-state index contributed by atoms with van der Waals surface area (Å²) >= 11 is 0. The average Bonchev–Trinajstić information content (AvgIpc) is 2.15. The number of carbonyl (C=O) groups is 1. The van der Waals surface area contributed by atoms with Crippen molar-refractivity contribution in [3.05, 3.63) is 0 Å². The van der Waals surface area contributed by atoms with Gasteiger partial charge in [0.1, 0.15) is 0 Å². The fourth-order valence-electron chi connectivity index (χ4n) is 1.97. The fourth-order valence-corrected chi connectivity index (χ4v) is 1.97. The van der Waals surface area contributed by atoms with Gasteiger partial charge in [0.15, 0.2) is 0 Å². The molecular formula is C12H25N3O. The Morgan fingerprint density at radius 3 is 2.62 bits per heavy atom. The van der Waals surface area contributed by atoms with Gasteiger partial charge in [0.2, 0.25) is 5.91 Å². The van der Waals surface area contributed by atoms with Crippen LogP contribution in [0.1, 0.15) is 33.6 Å². The highest BCUT2D eigenvalue weighted by Crippen LogP contribution is 2.18. The molecule has 0 aliphatic carbocycles. The molecule has 94 valence electrons. The molecule has 2 atom stereocenters. The van der Waals surface area contributed by atoms with Crippen molar-refractivity contribution in [3.8, 4) is 0 Å². The topological polar surface area (TPSA) is 58.4 Å². The van der Waals surface area contributed by atoms with Crippen LogP contribution in [0.3, 0.4) is 0 Å². The second-order valence-corrected chi connectivity index (χ2v) is 5.95. The van der Waals surface area contributed by atoms with Gasteiger partial charge >= 0.3 is 0 Å². The lowest BCUT2D eigenvalue weighted by Crippen LogP contribution is -2.54. The summed E-state index contributed by atoms with van der Waals surface area (Å²) < 4.78 is 0. The van der Waals surface area contributed by atoms with Crippen LogP contribution in [-0.4, -0.2) is 43.0 Å². The number of carbonyl (C=O) groups excluding carboxylic acids is 1. The molecule has 1 fully saturated rings. The number of rotatable bonds is 2. The molecule has 1 aliphatic rings. The molecule has 0 radical (unpaired) electrons. The lowest BCUT2D eigenvalue weighted by Gasteiger charge is -2.33. The molecule has 1 aliphatic heterocycles. The summed E-state index contributed by atoms with van der Waals surface area (Å²) in [5.41, 5.74) is 5.74. The summed E-state index contributed by atoms with van der Waals surface area (Å²) in [7, 11) is 2.09. The van der Waals surface area contributed by atoms with Crippen molar-refractivity contribution in [2.75, 3.05) is 20.1 Å². The van der Waals surface area contributed by atoms with E-state index in [4.69, 9.17) is 5.73 Å². The van der Waals surface area contributed by atoms with Crippen LogP contribution in [0.4, 0.5) is 0 Å². The number of nitrogens with zero attached hydrogens (tertiary/aromatic N) is 1. The maximum Gasteiger partial charge on any atom is 0.237 e. The van der Waals surface area contributed by atoms with Crippen molar-refractivity contribution in [3.63, 3.8) is 0 Å². The summed E-state index contributed by atoms with van der Waals surface area (Å²) in [5, 5.41) is 3.05. The fraction of sp³-hybridized carbons (Fsp3) is 0.917. The van der Waals surface area contributed by atoms with E-state index in [0.29, 0.717) is 0 Å². The van der Waals surface area contributed by atoms with E-state index >= 15 is 0 Å². The zero-order valence-corrected chi connectivity index (χ0v) is 10.9. The smallest absolute Gasteiger partial charge is 0.237 e. The lowest BCUT2D eigenvalue weighted by molar-refractivity contribution is -0.125. The van der Waals surface area contributed by atoms with Crippen LogP contribution in [0.25, 0.3) is 0 Å². The standard InChI is InChI=1S/C12H25N3O/c1-12(2,3)10(13)11(16)14-9-6-5-7-15(4)8-9/h9-10H,5-8,13H2,1-4H3,(H,14,16)/t9?,10-/m0/s1. The Kier molecular flexibility index (Phi) is 4.33. The Hall–Kier alpha value is -0.610. The first-order chi connectivity index (χ1) is 7.30. The van der Waals surface area contributed by atoms with Crippen LogP contribution in [0.2, 0.25) is 0 Å². The molecule has 0 spiro atoms. The van der Waals surface area contributed by atoms with Crippen molar-refractivity contribution in [1.82, 2.24) is 10.2 Å². The quantitative estimate of drug-likeness (QED) is 0.725. The van der Waals surface area contributed by atoms with E-state index in [9.17, 15) is 4.79 Å². The van der Waals surface area contributed by atoms with Gasteiger partial charge in [-0.15, -0.1) is 0 Å². The molecule has 0 aromatic carbocycles. The van der Waals surface area contributed by atoms with Gasteiger partial charge < -0.3 is 16.0 Å². The molecule has 0 bridgehead atoms. The normalized spacial score (nSPS) is 25.2. The van der Waals surface area contributed by atoms with Crippen LogP contribution >= 0.6 is 0 Å². The number of hydrogen-bond donors (Lipinski definition) is 2. The molecule has 3 N–H and O–H groups in total. The third kappa shape index (κ3) is 3.76. The van der Waals surface area contributed by atoms with Crippen molar-refractivity contribution >= 4 is 5.91 Å². The summed E-state index contributed by atoms with van der Waals surface area (Å²) in [4.78, 5) is 14.2. The first-order valence-corrected chi connectivity index (χ1v) is 6.05. The van der Waals surface area contributed by atoms with Gasteiger partial charge in [-0.2, -0.15) is 0 Å². The van der Waals surface area contributed by atoms with Crippen LogP contribution in [0.15, 0.2) is 0 Å². The van der Waals surface area contributed by atoms with E-state index in [1.807, 2.05) is 20.8 Å². The summed E-state index contributed by atoms with van der Waals surface area (Å²) in [6.07, 6.45) is 2.21. The molecule has 16 heavy (non-hydrogen) atoms. The van der Waals surface area contributed by atoms with Crippen LogP contribution in [0, 0.1) is 5.41 Å². The average molecular weight is 227 g/mol. The zero-order valence-electron chi connectivity index (χ0n) is 10.9. The van der Waals surface area contributed by atoms with Gasteiger partial charge in [0.05, 0.1) is 6.04 Å². The number of likely N-dealkylation sites (N-methyl/N-ethyl adjacent to an activating group) is 1. The van der Waals surface area contributed by atoms with Gasteiger partial charge in [-0.1, -0.05) is 20.8 Å². The maximum absolute atomic E-state index is 11.9. The predicted octanol–water partition coefficient (Wildman–Crippen LogP) is 0.570. The molecule has 1 amide bonds. The second kappa shape index (κ2) is 5.15. The Bertz CT molecular complexity index is 247. The van der Waals surface area contributed by atoms with Crippen molar-refractivity contribution in [1.29, 1.82) is 0 Å². The molecule has 1 unspecified atom stereocenters. The number of likely N-dealkylation sites (tertiary alicyclic amines) is 1. The molecule has 0 aromatic heterocycles. The third-order valence-electron chi connectivity index (χ3n) is 3.19. The van der Waals surface area contributed by atoms with E-state index in [-0.39, 0.29) is 17.4 Å². The van der Waals surface area contributed by atoms with E-state index in [1.54, 1.807) is 0 Å². The summed E-state index contributed by atoms with van der Waals surface area (Å²) in [6, 6.07) is -0.167. The monoisotopic (exact) mass is 227 g/mol. The molecule has 1 heterocycles.